The molecule has 1 radical (unpaired) electrons. The van der Waals surface area contributed by atoms with Gasteiger partial charge in [-0.1, -0.05) is 18.2 Å². The molecular weight excluding hydrogens is 112 g/mol. The Hall–Kier alpha value is -1.02. The van der Waals surface area contributed by atoms with E-state index < -0.39 is 0 Å². The maximum absolute atomic E-state index is 7.15. The van der Waals surface area contributed by atoms with Gasteiger partial charge >= 0.3 is 0 Å². The van der Waals surface area contributed by atoms with Gasteiger partial charge in [-0.05, 0) is 12.1 Å². The van der Waals surface area contributed by atoms with Crippen LogP contribution in [0.15, 0.2) is 30.3 Å². The van der Waals surface area contributed by atoms with Gasteiger partial charge in [0.05, 0.1) is 5.69 Å². The smallest absolute Gasteiger partial charge is 0.0530 e. The second-order valence-electron chi connectivity index (χ2n) is 1.89. The van der Waals surface area contributed by atoms with E-state index in [2.05, 4.69) is 0 Å². The van der Waals surface area contributed by atoms with E-state index in [-0.39, 0.29) is 0 Å². The van der Waals surface area contributed by atoms with Crippen molar-refractivity contribution in [3.05, 3.63) is 30.3 Å². The lowest BCUT2D eigenvalue weighted by Gasteiger charge is -2.08. The molecule has 2 heteroatoms. The largest absolute Gasteiger partial charge is 0.297 e. The molecule has 0 saturated heterocycles. The number of nitrogens with zero attached hydrogens (tertiary/aromatic N) is 1. The Morgan fingerprint density at radius 2 is 1.78 bits per heavy atom. The minimum Gasteiger partial charge on any atom is -0.297 e. The quantitative estimate of drug-likeness (QED) is 0.515. The van der Waals surface area contributed by atoms with E-state index in [1.54, 1.807) is 7.05 Å². The van der Waals surface area contributed by atoms with E-state index >= 15 is 0 Å². The summed E-state index contributed by atoms with van der Waals surface area (Å²) in [6.07, 6.45) is 0. The summed E-state index contributed by atoms with van der Waals surface area (Å²) >= 11 is 0. The SMILES string of the molecule is CN([NH])c1ccccc1. The molecule has 2 nitrogen and oxygen atoms in total. The molecule has 0 bridgehead atoms. The predicted molar refractivity (Wildman–Crippen MR) is 37.9 cm³/mol. The molecule has 0 saturated carbocycles. The highest BCUT2D eigenvalue weighted by Crippen LogP contribution is 2.06. The van der Waals surface area contributed by atoms with Gasteiger partial charge < -0.3 is 0 Å². The van der Waals surface area contributed by atoms with E-state index in [1.807, 2.05) is 30.3 Å². The predicted octanol–water partition coefficient (Wildman–Crippen LogP) is 1.32. The molecule has 0 amide bonds. The van der Waals surface area contributed by atoms with Crippen molar-refractivity contribution in [2.75, 3.05) is 12.1 Å². The van der Waals surface area contributed by atoms with Crippen LogP contribution in [0.25, 0.3) is 0 Å². The minimum atomic E-state index is 0.914. The van der Waals surface area contributed by atoms with Gasteiger partial charge in [-0.2, -0.15) is 5.84 Å². The maximum atomic E-state index is 7.15. The lowest BCUT2D eigenvalue weighted by Crippen LogP contribution is -2.11. The molecule has 1 rings (SSSR count). The van der Waals surface area contributed by atoms with Crippen molar-refractivity contribution < 1.29 is 0 Å². The highest BCUT2D eigenvalue weighted by Gasteiger charge is 1.89. The Bertz CT molecular complexity index is 170. The van der Waals surface area contributed by atoms with Gasteiger partial charge in [0.25, 0.3) is 0 Å². The standard InChI is InChI=1S/C7H9N2/c1-9(8)7-5-3-2-4-6-7/h2-6,8H,1H3. The Morgan fingerprint density at radius 1 is 1.22 bits per heavy atom. The van der Waals surface area contributed by atoms with Crippen LogP contribution in [0.3, 0.4) is 0 Å². The molecule has 0 aliphatic rings. The van der Waals surface area contributed by atoms with Crippen LogP contribution >= 0.6 is 0 Å². The third kappa shape index (κ3) is 1.44. The van der Waals surface area contributed by atoms with Crippen LogP contribution in [0.5, 0.6) is 0 Å². The molecular formula is C7H9N2. The molecule has 1 aromatic carbocycles. The third-order valence-corrected chi connectivity index (χ3v) is 1.14. The molecule has 0 spiro atoms. The van der Waals surface area contributed by atoms with Crippen molar-refractivity contribution >= 4 is 5.69 Å². The molecule has 0 heterocycles. The van der Waals surface area contributed by atoms with Crippen molar-refractivity contribution in [2.45, 2.75) is 0 Å². The first-order valence-corrected chi connectivity index (χ1v) is 2.81. The first kappa shape index (κ1) is 6.11. The van der Waals surface area contributed by atoms with Crippen LogP contribution in [0, 0.1) is 0 Å². The number of hydrogen-bond donors (Lipinski definition) is 0. The van der Waals surface area contributed by atoms with Crippen LogP contribution < -0.4 is 10.9 Å². The van der Waals surface area contributed by atoms with E-state index in [1.165, 1.54) is 5.01 Å². The van der Waals surface area contributed by atoms with Crippen molar-refractivity contribution in [1.82, 2.24) is 5.84 Å². The van der Waals surface area contributed by atoms with Crippen LogP contribution in [-0.2, 0) is 0 Å². The van der Waals surface area contributed by atoms with E-state index in [0.717, 1.165) is 5.69 Å². The van der Waals surface area contributed by atoms with Crippen LogP contribution in [0.2, 0.25) is 0 Å². The summed E-state index contributed by atoms with van der Waals surface area (Å²) < 4.78 is 0. The molecule has 0 atom stereocenters. The number of rotatable bonds is 1. The Kier molecular flexibility index (Phi) is 1.70. The van der Waals surface area contributed by atoms with Crippen molar-refractivity contribution in [2.24, 2.45) is 0 Å². The average molecular weight is 121 g/mol. The number of nitrogens with one attached hydrogen (secondary N) is 1. The van der Waals surface area contributed by atoms with Gasteiger partial charge in [0, 0.05) is 7.05 Å². The van der Waals surface area contributed by atoms with Crippen molar-refractivity contribution in [3.8, 4) is 0 Å². The van der Waals surface area contributed by atoms with Gasteiger partial charge in [0.15, 0.2) is 0 Å². The number of hydrogen-bond acceptors (Lipinski definition) is 1. The topological polar surface area (TPSA) is 27.0 Å². The minimum absolute atomic E-state index is 0.914. The number of anilines is 1. The molecule has 9 heavy (non-hydrogen) atoms. The van der Waals surface area contributed by atoms with Gasteiger partial charge in [-0.3, -0.25) is 5.01 Å². The fraction of sp³-hybridized carbons (Fsp3) is 0.143. The molecule has 1 N–H and O–H groups in total. The van der Waals surface area contributed by atoms with Crippen LogP contribution in [-0.4, -0.2) is 7.05 Å². The van der Waals surface area contributed by atoms with Gasteiger partial charge in [-0.15, -0.1) is 0 Å². The van der Waals surface area contributed by atoms with Crippen molar-refractivity contribution in [1.29, 1.82) is 0 Å². The number of benzene rings is 1. The molecule has 1 aromatic rings. The summed E-state index contributed by atoms with van der Waals surface area (Å²) in [4.78, 5) is 0. The summed E-state index contributed by atoms with van der Waals surface area (Å²) in [7, 11) is 1.70. The highest BCUT2D eigenvalue weighted by atomic mass is 15.4. The third-order valence-electron chi connectivity index (χ3n) is 1.14. The van der Waals surface area contributed by atoms with Crippen molar-refractivity contribution in [3.63, 3.8) is 0 Å². The first-order valence-electron chi connectivity index (χ1n) is 2.81. The molecule has 0 aliphatic heterocycles. The van der Waals surface area contributed by atoms with E-state index in [0.29, 0.717) is 0 Å². The van der Waals surface area contributed by atoms with Gasteiger partial charge in [0.2, 0.25) is 0 Å². The summed E-state index contributed by atoms with van der Waals surface area (Å²) in [6, 6.07) is 9.56. The summed E-state index contributed by atoms with van der Waals surface area (Å²) in [5.41, 5.74) is 0.914. The molecule has 0 aliphatic carbocycles. The zero-order valence-corrected chi connectivity index (χ0v) is 5.33. The molecule has 0 unspecified atom stereocenters. The molecule has 0 aromatic heterocycles. The zero-order chi connectivity index (χ0) is 6.69. The fourth-order valence-corrected chi connectivity index (χ4v) is 0.652. The summed E-state index contributed by atoms with van der Waals surface area (Å²) in [5, 5.41) is 1.33. The van der Waals surface area contributed by atoms with Gasteiger partial charge in [-0.25, -0.2) is 0 Å². The van der Waals surface area contributed by atoms with Crippen LogP contribution in [0.1, 0.15) is 0 Å². The lowest BCUT2D eigenvalue weighted by atomic mass is 10.3. The molecule has 0 fully saturated rings. The fourth-order valence-electron chi connectivity index (χ4n) is 0.652. The maximum Gasteiger partial charge on any atom is 0.0530 e. The number of para-hydroxylation sites is 1. The van der Waals surface area contributed by atoms with Gasteiger partial charge in [0.1, 0.15) is 0 Å². The Balaban J connectivity index is 2.85. The monoisotopic (exact) mass is 121 g/mol. The van der Waals surface area contributed by atoms with E-state index in [9.17, 15) is 0 Å². The summed E-state index contributed by atoms with van der Waals surface area (Å²) in [5.74, 6) is 7.15. The first-order chi connectivity index (χ1) is 4.30. The van der Waals surface area contributed by atoms with E-state index in [4.69, 9.17) is 5.84 Å². The second-order valence-corrected chi connectivity index (χ2v) is 1.89. The molecule has 47 valence electrons. The Morgan fingerprint density at radius 3 is 2.11 bits per heavy atom. The normalized spacial score (nSPS) is 9.11. The van der Waals surface area contributed by atoms with Crippen LogP contribution in [0.4, 0.5) is 5.69 Å². The summed E-state index contributed by atoms with van der Waals surface area (Å²) in [6.45, 7) is 0. The lowest BCUT2D eigenvalue weighted by molar-refractivity contribution is 0.979. The second kappa shape index (κ2) is 2.51. The average Bonchev–Trinajstić information content (AvgIpc) is 1.90. The zero-order valence-electron chi connectivity index (χ0n) is 5.33. The highest BCUT2D eigenvalue weighted by molar-refractivity contribution is 5.42. The Labute approximate surface area is 54.9 Å².